The van der Waals surface area contributed by atoms with Gasteiger partial charge in [-0.2, -0.15) is 13.2 Å². The molecule has 0 bridgehead atoms. The maximum Gasteiger partial charge on any atom is 0.403 e. The molecule has 0 saturated carbocycles. The molecule has 2 heterocycles. The Hall–Kier alpha value is -2.29. The maximum atomic E-state index is 12.9. The molecule has 1 fully saturated rings. The lowest BCUT2D eigenvalue weighted by Crippen LogP contribution is -2.57. The minimum absolute atomic E-state index is 0.0392. The SMILES string of the molecule is CN=C(NCC(=O)N1CCCc2ccccc21)N1CCN(C(C)C(F)(F)F)CC1. The van der Waals surface area contributed by atoms with Gasteiger partial charge in [0.15, 0.2) is 5.96 Å². The first-order valence-corrected chi connectivity index (χ1v) is 9.96. The van der Waals surface area contributed by atoms with Crippen LogP contribution in [0, 0.1) is 0 Å². The molecular weight excluding hydrogens is 383 g/mol. The van der Waals surface area contributed by atoms with Gasteiger partial charge < -0.3 is 15.1 Å². The highest BCUT2D eigenvalue weighted by Gasteiger charge is 2.41. The number of fused-ring (bicyclic) bond motifs is 1. The molecule has 3 rings (SSSR count). The van der Waals surface area contributed by atoms with Crippen molar-refractivity contribution in [2.75, 3.05) is 51.2 Å². The van der Waals surface area contributed by atoms with Crippen molar-refractivity contribution in [1.82, 2.24) is 15.1 Å². The summed E-state index contributed by atoms with van der Waals surface area (Å²) in [5.41, 5.74) is 2.13. The third kappa shape index (κ3) is 5.01. The van der Waals surface area contributed by atoms with E-state index in [2.05, 4.69) is 10.3 Å². The van der Waals surface area contributed by atoms with E-state index < -0.39 is 12.2 Å². The van der Waals surface area contributed by atoms with E-state index >= 15 is 0 Å². The Balaban J connectivity index is 1.54. The van der Waals surface area contributed by atoms with Gasteiger partial charge in [-0.15, -0.1) is 0 Å². The van der Waals surface area contributed by atoms with Crippen LogP contribution >= 0.6 is 0 Å². The first-order valence-electron chi connectivity index (χ1n) is 9.96. The van der Waals surface area contributed by atoms with Crippen molar-refractivity contribution in [2.45, 2.75) is 32.0 Å². The van der Waals surface area contributed by atoms with Gasteiger partial charge in [0.1, 0.15) is 6.04 Å². The van der Waals surface area contributed by atoms with Crippen molar-refractivity contribution < 1.29 is 18.0 Å². The van der Waals surface area contributed by atoms with E-state index in [4.69, 9.17) is 0 Å². The third-order valence-electron chi connectivity index (χ3n) is 5.66. The number of amides is 1. The van der Waals surface area contributed by atoms with Crippen molar-refractivity contribution in [2.24, 2.45) is 4.99 Å². The minimum Gasteiger partial charge on any atom is -0.347 e. The second kappa shape index (κ2) is 9.02. The number of nitrogens with one attached hydrogen (secondary N) is 1. The Morgan fingerprint density at radius 2 is 1.86 bits per heavy atom. The molecule has 1 saturated heterocycles. The number of halogens is 3. The summed E-state index contributed by atoms with van der Waals surface area (Å²) < 4.78 is 38.7. The van der Waals surface area contributed by atoms with Crippen molar-refractivity contribution in [3.8, 4) is 0 Å². The smallest absolute Gasteiger partial charge is 0.347 e. The molecule has 1 N–H and O–H groups in total. The monoisotopic (exact) mass is 411 g/mol. The molecule has 0 aromatic heterocycles. The summed E-state index contributed by atoms with van der Waals surface area (Å²) in [6.07, 6.45) is -2.33. The van der Waals surface area contributed by atoms with Crippen LogP contribution in [0.15, 0.2) is 29.3 Å². The maximum absolute atomic E-state index is 12.9. The highest BCUT2D eigenvalue weighted by molar-refractivity contribution is 5.98. The number of aliphatic imine (C=N–C) groups is 1. The largest absolute Gasteiger partial charge is 0.403 e. The number of hydrogen-bond acceptors (Lipinski definition) is 3. The van der Waals surface area contributed by atoms with E-state index in [-0.39, 0.29) is 12.5 Å². The average Bonchev–Trinajstić information content (AvgIpc) is 2.73. The predicted molar refractivity (Wildman–Crippen MR) is 107 cm³/mol. The number of aryl methyl sites for hydroxylation is 1. The van der Waals surface area contributed by atoms with Crippen LogP contribution in [0.3, 0.4) is 0 Å². The van der Waals surface area contributed by atoms with Crippen LogP contribution in [-0.2, 0) is 11.2 Å². The molecule has 2 aliphatic heterocycles. The van der Waals surface area contributed by atoms with Crippen LogP contribution in [0.5, 0.6) is 0 Å². The van der Waals surface area contributed by atoms with Crippen LogP contribution in [0.1, 0.15) is 18.9 Å². The summed E-state index contributed by atoms with van der Waals surface area (Å²) >= 11 is 0. The summed E-state index contributed by atoms with van der Waals surface area (Å²) in [6, 6.07) is 6.45. The van der Waals surface area contributed by atoms with Gasteiger partial charge in [0.05, 0.1) is 6.54 Å². The fourth-order valence-electron chi connectivity index (χ4n) is 3.90. The van der Waals surface area contributed by atoms with Crippen LogP contribution in [-0.4, -0.2) is 80.2 Å². The first-order chi connectivity index (χ1) is 13.8. The second-order valence-electron chi connectivity index (χ2n) is 7.42. The Morgan fingerprint density at radius 1 is 1.17 bits per heavy atom. The molecule has 1 amide bonds. The normalized spacial score (nSPS) is 19.7. The van der Waals surface area contributed by atoms with Gasteiger partial charge in [-0.1, -0.05) is 18.2 Å². The number of alkyl halides is 3. The van der Waals surface area contributed by atoms with Gasteiger partial charge >= 0.3 is 6.18 Å². The zero-order valence-corrected chi connectivity index (χ0v) is 16.9. The van der Waals surface area contributed by atoms with E-state index in [1.165, 1.54) is 17.4 Å². The van der Waals surface area contributed by atoms with Gasteiger partial charge in [-0.25, -0.2) is 0 Å². The van der Waals surface area contributed by atoms with E-state index in [1.54, 1.807) is 11.9 Å². The molecule has 0 radical (unpaired) electrons. The quantitative estimate of drug-likeness (QED) is 0.612. The van der Waals surface area contributed by atoms with Crippen molar-refractivity contribution in [3.05, 3.63) is 29.8 Å². The molecule has 9 heteroatoms. The Bertz CT molecular complexity index is 744. The highest BCUT2D eigenvalue weighted by Crippen LogP contribution is 2.27. The lowest BCUT2D eigenvalue weighted by atomic mass is 10.0. The van der Waals surface area contributed by atoms with Gasteiger partial charge in [-0.3, -0.25) is 14.7 Å². The van der Waals surface area contributed by atoms with E-state index in [1.807, 2.05) is 29.2 Å². The molecule has 1 unspecified atom stereocenters. The lowest BCUT2D eigenvalue weighted by Gasteiger charge is -2.39. The molecule has 2 aliphatic rings. The first kappa shape index (κ1) is 21.4. The van der Waals surface area contributed by atoms with E-state index in [0.717, 1.165) is 18.5 Å². The molecule has 160 valence electrons. The van der Waals surface area contributed by atoms with E-state index in [0.29, 0.717) is 38.7 Å². The fourth-order valence-corrected chi connectivity index (χ4v) is 3.90. The van der Waals surface area contributed by atoms with E-state index in [9.17, 15) is 18.0 Å². The summed E-state index contributed by atoms with van der Waals surface area (Å²) in [6.45, 7) is 3.44. The second-order valence-corrected chi connectivity index (χ2v) is 7.42. The summed E-state index contributed by atoms with van der Waals surface area (Å²) in [5.74, 6) is 0.505. The molecule has 1 aromatic rings. The topological polar surface area (TPSA) is 51.2 Å². The predicted octanol–water partition coefficient (Wildman–Crippen LogP) is 2.11. The average molecular weight is 411 g/mol. The number of hydrogen-bond donors (Lipinski definition) is 1. The number of benzene rings is 1. The number of piperazine rings is 1. The Morgan fingerprint density at radius 3 is 2.52 bits per heavy atom. The minimum atomic E-state index is -4.22. The zero-order valence-electron chi connectivity index (χ0n) is 16.9. The van der Waals surface area contributed by atoms with Crippen LogP contribution < -0.4 is 10.2 Å². The highest BCUT2D eigenvalue weighted by atomic mass is 19.4. The molecule has 29 heavy (non-hydrogen) atoms. The Labute approximate surface area is 169 Å². The van der Waals surface area contributed by atoms with Gasteiger partial charge in [0, 0.05) is 45.5 Å². The van der Waals surface area contributed by atoms with Crippen LogP contribution in [0.2, 0.25) is 0 Å². The Kier molecular flexibility index (Phi) is 6.66. The fraction of sp³-hybridized carbons (Fsp3) is 0.600. The molecule has 0 spiro atoms. The number of guanidine groups is 1. The number of para-hydroxylation sites is 1. The summed E-state index contributed by atoms with van der Waals surface area (Å²) in [5, 5.41) is 3.09. The lowest BCUT2D eigenvalue weighted by molar-refractivity contribution is -0.181. The number of nitrogens with zero attached hydrogens (tertiary/aromatic N) is 4. The van der Waals surface area contributed by atoms with Gasteiger partial charge in [0.2, 0.25) is 5.91 Å². The number of carbonyl (C=O) groups is 1. The molecule has 1 aromatic carbocycles. The standard InChI is InChI=1S/C20H28F3N5O/c1-15(20(21,22)23)26-10-12-27(13-11-26)19(24-2)25-14-18(29)28-9-5-7-16-6-3-4-8-17(16)28/h3-4,6,8,15H,5,7,9-14H2,1-2H3,(H,24,25). The summed E-state index contributed by atoms with van der Waals surface area (Å²) in [7, 11) is 1.62. The van der Waals surface area contributed by atoms with Crippen LogP contribution in [0.4, 0.5) is 18.9 Å². The summed E-state index contributed by atoms with van der Waals surface area (Å²) in [4.78, 5) is 22.1. The number of carbonyl (C=O) groups excluding carboxylic acids is 1. The van der Waals surface area contributed by atoms with Crippen LogP contribution in [0.25, 0.3) is 0 Å². The van der Waals surface area contributed by atoms with Gasteiger partial charge in [0.25, 0.3) is 0 Å². The molecule has 0 aliphatic carbocycles. The molecule has 1 atom stereocenters. The molecular formula is C20H28F3N5O. The number of anilines is 1. The number of rotatable bonds is 3. The van der Waals surface area contributed by atoms with Crippen molar-refractivity contribution in [1.29, 1.82) is 0 Å². The van der Waals surface area contributed by atoms with Crippen molar-refractivity contribution in [3.63, 3.8) is 0 Å². The van der Waals surface area contributed by atoms with Gasteiger partial charge in [-0.05, 0) is 31.4 Å². The van der Waals surface area contributed by atoms with Crippen molar-refractivity contribution >= 4 is 17.6 Å². The zero-order chi connectivity index (χ0) is 21.0. The third-order valence-corrected chi connectivity index (χ3v) is 5.66. The molecule has 6 nitrogen and oxygen atoms in total.